The van der Waals surface area contributed by atoms with Crippen molar-refractivity contribution in [2.24, 2.45) is 0 Å². The summed E-state index contributed by atoms with van der Waals surface area (Å²) in [4.78, 5) is 9.90. The summed E-state index contributed by atoms with van der Waals surface area (Å²) in [5.74, 6) is 0. The van der Waals surface area contributed by atoms with E-state index in [1.807, 2.05) is 0 Å². The Hall–Kier alpha value is -8.54. The van der Waals surface area contributed by atoms with Crippen molar-refractivity contribution in [3.05, 3.63) is 259 Å². The summed E-state index contributed by atoms with van der Waals surface area (Å²) in [6.07, 6.45) is 0. The van der Waals surface area contributed by atoms with Crippen molar-refractivity contribution in [1.29, 1.82) is 0 Å². The number of para-hydroxylation sites is 4. The molecule has 0 saturated carbocycles. The third-order valence-electron chi connectivity index (χ3n) is 15.3. The number of anilines is 12. The Morgan fingerprint density at radius 2 is 0.787 bits per heavy atom. The molecule has 10 aromatic rings. The molecule has 366 valence electrons. The van der Waals surface area contributed by atoms with Crippen molar-refractivity contribution in [2.45, 2.75) is 66.2 Å². The first-order valence-electron chi connectivity index (χ1n) is 26.5. The van der Waals surface area contributed by atoms with Gasteiger partial charge in [-0.05, 0) is 173 Å². The Balaban J connectivity index is 1.16. The monoisotopic (exact) mass is 971 g/mol. The molecule has 0 aromatic heterocycles. The molecule has 0 aliphatic carbocycles. The van der Waals surface area contributed by atoms with Gasteiger partial charge in [-0.15, -0.1) is 0 Å². The maximum absolute atomic E-state index is 2.59. The Bertz CT molecular complexity index is 3630. The fourth-order valence-electron chi connectivity index (χ4n) is 11.6. The highest BCUT2D eigenvalue weighted by Crippen LogP contribution is 2.50. The molecule has 2 aliphatic rings. The molecule has 0 spiro atoms. The van der Waals surface area contributed by atoms with E-state index in [4.69, 9.17) is 0 Å². The minimum absolute atomic E-state index is 0.00406. The normalized spacial score (nSPS) is 12.7. The second-order valence-electron chi connectivity index (χ2n) is 22.4. The molecule has 0 amide bonds. The smallest absolute Gasteiger partial charge is 0.252 e. The molecular formula is C70H63BN4. The summed E-state index contributed by atoms with van der Waals surface area (Å²) in [7, 11) is 0. The van der Waals surface area contributed by atoms with Crippen LogP contribution in [0.5, 0.6) is 0 Å². The summed E-state index contributed by atoms with van der Waals surface area (Å²) in [5, 5.41) is 0. The first kappa shape index (κ1) is 47.5. The lowest BCUT2D eigenvalue weighted by atomic mass is 9.33. The van der Waals surface area contributed by atoms with Gasteiger partial charge in [0.1, 0.15) is 0 Å². The predicted molar refractivity (Wildman–Crippen MR) is 322 cm³/mol. The molecule has 10 aromatic carbocycles. The van der Waals surface area contributed by atoms with Crippen LogP contribution in [0.3, 0.4) is 0 Å². The van der Waals surface area contributed by atoms with Crippen molar-refractivity contribution in [1.82, 2.24) is 0 Å². The van der Waals surface area contributed by atoms with Gasteiger partial charge in [-0.3, -0.25) is 0 Å². The molecule has 4 nitrogen and oxygen atoms in total. The molecule has 0 atom stereocenters. The van der Waals surface area contributed by atoms with E-state index in [-0.39, 0.29) is 17.5 Å². The van der Waals surface area contributed by atoms with Gasteiger partial charge in [0.05, 0.1) is 5.69 Å². The van der Waals surface area contributed by atoms with Crippen molar-refractivity contribution in [3.8, 4) is 11.1 Å². The van der Waals surface area contributed by atoms with E-state index in [0.29, 0.717) is 0 Å². The maximum atomic E-state index is 2.59. The van der Waals surface area contributed by atoms with Crippen molar-refractivity contribution in [3.63, 3.8) is 0 Å². The van der Waals surface area contributed by atoms with Crippen molar-refractivity contribution < 1.29 is 0 Å². The van der Waals surface area contributed by atoms with Crippen LogP contribution >= 0.6 is 0 Å². The van der Waals surface area contributed by atoms with E-state index >= 15 is 0 Å². The van der Waals surface area contributed by atoms with Crippen molar-refractivity contribution >= 4 is 91.3 Å². The van der Waals surface area contributed by atoms with Crippen LogP contribution in [-0.4, -0.2) is 6.71 Å². The van der Waals surface area contributed by atoms with Crippen LogP contribution in [0.4, 0.5) is 68.2 Å². The third kappa shape index (κ3) is 8.56. The zero-order valence-electron chi connectivity index (χ0n) is 44.4. The first-order valence-corrected chi connectivity index (χ1v) is 26.5. The van der Waals surface area contributed by atoms with Gasteiger partial charge in [0.2, 0.25) is 0 Å². The van der Waals surface area contributed by atoms with Gasteiger partial charge in [-0.1, -0.05) is 174 Å². The topological polar surface area (TPSA) is 13.0 Å². The number of nitrogens with zero attached hydrogens (tertiary/aromatic N) is 4. The average molecular weight is 971 g/mol. The van der Waals surface area contributed by atoms with Gasteiger partial charge >= 0.3 is 0 Å². The van der Waals surface area contributed by atoms with Gasteiger partial charge in [-0.25, -0.2) is 0 Å². The number of rotatable bonds is 9. The number of benzene rings is 10. The molecule has 0 N–H and O–H groups in total. The van der Waals surface area contributed by atoms with Gasteiger partial charge in [0.25, 0.3) is 6.71 Å². The molecule has 5 heteroatoms. The number of hydrogen-bond acceptors (Lipinski definition) is 4. The van der Waals surface area contributed by atoms with E-state index in [0.717, 1.165) is 56.9 Å². The Labute approximate surface area is 444 Å². The summed E-state index contributed by atoms with van der Waals surface area (Å²) >= 11 is 0. The Morgan fingerprint density at radius 3 is 1.25 bits per heavy atom. The summed E-state index contributed by atoms with van der Waals surface area (Å²) in [6.45, 7) is 18.2. The molecule has 0 radical (unpaired) electrons. The highest BCUT2D eigenvalue weighted by Gasteiger charge is 2.44. The Kier molecular flexibility index (Phi) is 11.9. The highest BCUT2D eigenvalue weighted by atomic mass is 15.2. The summed E-state index contributed by atoms with van der Waals surface area (Å²) in [6, 6.07) is 87.9. The van der Waals surface area contributed by atoms with Crippen LogP contribution < -0.4 is 36.0 Å². The maximum Gasteiger partial charge on any atom is 0.252 e. The lowest BCUT2D eigenvalue weighted by Gasteiger charge is -2.45. The van der Waals surface area contributed by atoms with E-state index in [2.05, 4.69) is 312 Å². The summed E-state index contributed by atoms with van der Waals surface area (Å²) in [5.41, 5.74) is 24.8. The highest BCUT2D eigenvalue weighted by molar-refractivity contribution is 7.00. The Morgan fingerprint density at radius 1 is 0.333 bits per heavy atom. The predicted octanol–water partition coefficient (Wildman–Crippen LogP) is 17.6. The number of fused-ring (bicyclic) bond motifs is 4. The minimum Gasteiger partial charge on any atom is -0.311 e. The molecule has 12 rings (SSSR count). The third-order valence-corrected chi connectivity index (χ3v) is 15.3. The van der Waals surface area contributed by atoms with Gasteiger partial charge in [0, 0.05) is 68.1 Å². The van der Waals surface area contributed by atoms with Crippen LogP contribution in [0.25, 0.3) is 11.1 Å². The van der Waals surface area contributed by atoms with Crippen LogP contribution in [0, 0.1) is 13.8 Å². The lowest BCUT2D eigenvalue weighted by molar-refractivity contribution is 0.590. The number of aryl methyl sites for hydroxylation is 2. The average Bonchev–Trinajstić information content (AvgIpc) is 3.42. The second kappa shape index (κ2) is 18.7. The minimum atomic E-state index is -0.0899. The number of hydrogen-bond donors (Lipinski definition) is 0. The fourth-order valence-corrected chi connectivity index (χ4v) is 11.6. The van der Waals surface area contributed by atoms with Crippen molar-refractivity contribution in [2.75, 3.05) is 19.6 Å². The SMILES string of the molecule is Cc1ccc(-c2cc(C(C)(C)C)ccc2N2c3cc(N(c4ccccc4)c4ccccc4)ccc3B3c4ccc(N(c5ccccc5)c5ccccc5)cc4N(c4ccc(C(C)(C)C)cc4)c4cccc2c43)c(C)c1. The van der Waals surface area contributed by atoms with Crippen LogP contribution in [0.2, 0.25) is 0 Å². The van der Waals surface area contributed by atoms with Gasteiger partial charge in [-0.2, -0.15) is 0 Å². The molecule has 0 unspecified atom stereocenters. The zero-order valence-corrected chi connectivity index (χ0v) is 44.4. The van der Waals surface area contributed by atoms with E-state index in [9.17, 15) is 0 Å². The summed E-state index contributed by atoms with van der Waals surface area (Å²) < 4.78 is 0. The lowest BCUT2D eigenvalue weighted by Crippen LogP contribution is -2.61. The quantitative estimate of drug-likeness (QED) is 0.134. The molecule has 0 bridgehead atoms. The van der Waals surface area contributed by atoms with Crippen LogP contribution in [-0.2, 0) is 10.8 Å². The van der Waals surface area contributed by atoms with E-state index in [1.54, 1.807) is 0 Å². The molecule has 0 saturated heterocycles. The molecule has 2 heterocycles. The zero-order chi connectivity index (χ0) is 51.6. The van der Waals surface area contributed by atoms with Crippen LogP contribution in [0.15, 0.2) is 237 Å². The van der Waals surface area contributed by atoms with E-state index in [1.165, 1.54) is 61.1 Å². The fraction of sp³-hybridized carbons (Fsp3) is 0.143. The largest absolute Gasteiger partial charge is 0.311 e. The molecule has 75 heavy (non-hydrogen) atoms. The van der Waals surface area contributed by atoms with E-state index < -0.39 is 0 Å². The molecule has 2 aliphatic heterocycles. The van der Waals surface area contributed by atoms with Gasteiger partial charge < -0.3 is 19.6 Å². The van der Waals surface area contributed by atoms with Crippen LogP contribution in [0.1, 0.15) is 63.8 Å². The van der Waals surface area contributed by atoms with Gasteiger partial charge in [0.15, 0.2) is 0 Å². The molecule has 0 fully saturated rings. The second-order valence-corrected chi connectivity index (χ2v) is 22.4. The molecular weight excluding hydrogens is 908 g/mol. The first-order chi connectivity index (χ1) is 36.3. The standard InChI is InChI=1S/C70H63BN4/c1-48-32-40-59(49(2)44-48)60-45-51(70(6,7)8)35-43-63(60)75-65-31-21-30-64-68(65)71(62-42-39-58(47-67(62)75)73(54-26-17-11-18-27-54)55-28-19-12-20-29-55)61-41-38-57(72(52-22-13-9-14-23-52)53-24-15-10-16-25-53)46-66(61)74(64)56-36-33-50(34-37-56)69(3,4)5/h9-47H,1-8H3.